The third-order valence-electron chi connectivity index (χ3n) is 2.39. The predicted octanol–water partition coefficient (Wildman–Crippen LogP) is 3.12. The van der Waals surface area contributed by atoms with Crippen LogP contribution < -0.4 is 5.32 Å². The molecule has 0 heterocycles. The lowest BCUT2D eigenvalue weighted by molar-refractivity contribution is 0.280. The Kier molecular flexibility index (Phi) is 4.15. The molecular weight excluding hydrogens is 186 g/mol. The second-order valence-corrected chi connectivity index (χ2v) is 4.53. The van der Waals surface area contributed by atoms with Gasteiger partial charge in [-0.1, -0.05) is 19.9 Å². The Balaban J connectivity index is 2.99. The molecule has 0 aliphatic rings. The van der Waals surface area contributed by atoms with Gasteiger partial charge in [-0.25, -0.2) is 0 Å². The molecule has 0 spiro atoms. The fourth-order valence-electron chi connectivity index (χ4n) is 1.70. The van der Waals surface area contributed by atoms with E-state index < -0.39 is 0 Å². The van der Waals surface area contributed by atoms with E-state index in [1.54, 1.807) is 0 Å². The van der Waals surface area contributed by atoms with Crippen molar-refractivity contribution in [2.24, 2.45) is 0 Å². The van der Waals surface area contributed by atoms with Crippen molar-refractivity contribution in [1.29, 1.82) is 0 Å². The van der Waals surface area contributed by atoms with E-state index in [1.165, 1.54) is 5.56 Å². The molecule has 0 aromatic heterocycles. The van der Waals surface area contributed by atoms with Crippen LogP contribution in [0.25, 0.3) is 0 Å². The summed E-state index contributed by atoms with van der Waals surface area (Å²) >= 11 is 0. The molecule has 0 unspecified atom stereocenters. The topological polar surface area (TPSA) is 32.3 Å². The Morgan fingerprint density at radius 1 is 1.20 bits per heavy atom. The first-order valence-corrected chi connectivity index (χ1v) is 5.54. The van der Waals surface area contributed by atoms with Gasteiger partial charge in [-0.05, 0) is 43.0 Å². The van der Waals surface area contributed by atoms with Crippen LogP contribution >= 0.6 is 0 Å². The molecule has 0 bridgehead atoms. The Hall–Kier alpha value is -1.02. The first-order valence-electron chi connectivity index (χ1n) is 5.54. The van der Waals surface area contributed by atoms with Crippen LogP contribution in [0.3, 0.4) is 0 Å². The first-order chi connectivity index (χ1) is 7.04. The molecule has 2 nitrogen and oxygen atoms in total. The summed E-state index contributed by atoms with van der Waals surface area (Å²) in [6.45, 7) is 8.65. The number of benzene rings is 1. The van der Waals surface area contributed by atoms with Crippen molar-refractivity contribution in [3.05, 3.63) is 29.3 Å². The summed E-state index contributed by atoms with van der Waals surface area (Å²) < 4.78 is 0. The molecule has 0 saturated carbocycles. The Morgan fingerprint density at radius 2 is 1.87 bits per heavy atom. The van der Waals surface area contributed by atoms with E-state index in [1.807, 2.05) is 12.1 Å². The molecule has 1 aromatic rings. The lowest BCUT2D eigenvalue weighted by Gasteiger charge is -2.16. The number of aliphatic hydroxyl groups is 1. The molecule has 0 fully saturated rings. The van der Waals surface area contributed by atoms with Crippen molar-refractivity contribution in [2.45, 2.75) is 46.3 Å². The molecule has 0 aliphatic heterocycles. The van der Waals surface area contributed by atoms with Crippen LogP contribution in [0, 0.1) is 0 Å². The molecular formula is C13H21NO. The van der Waals surface area contributed by atoms with Crippen LogP contribution in [0.5, 0.6) is 0 Å². The third-order valence-corrected chi connectivity index (χ3v) is 2.39. The normalized spacial score (nSPS) is 11.1. The molecule has 0 atom stereocenters. The highest BCUT2D eigenvalue weighted by molar-refractivity contribution is 5.50. The number of nitrogens with one attached hydrogen (secondary N) is 1. The third kappa shape index (κ3) is 3.24. The highest BCUT2D eigenvalue weighted by atomic mass is 16.3. The smallest absolute Gasteiger partial charge is 0.0684 e. The van der Waals surface area contributed by atoms with E-state index in [-0.39, 0.29) is 6.61 Å². The van der Waals surface area contributed by atoms with Crippen LogP contribution in [0.2, 0.25) is 0 Å². The van der Waals surface area contributed by atoms with Gasteiger partial charge in [0.15, 0.2) is 0 Å². The van der Waals surface area contributed by atoms with Gasteiger partial charge in [-0.15, -0.1) is 0 Å². The molecule has 0 amide bonds. The van der Waals surface area contributed by atoms with Crippen LogP contribution in [0.1, 0.15) is 44.7 Å². The minimum absolute atomic E-state index is 0.121. The van der Waals surface area contributed by atoms with Crippen molar-refractivity contribution >= 4 is 5.69 Å². The summed E-state index contributed by atoms with van der Waals surface area (Å²) in [5, 5.41) is 12.6. The average Bonchev–Trinajstić information content (AvgIpc) is 2.16. The number of hydrogen-bond donors (Lipinski definition) is 2. The Labute approximate surface area is 92.3 Å². The van der Waals surface area contributed by atoms with E-state index in [0.717, 1.165) is 11.3 Å². The summed E-state index contributed by atoms with van der Waals surface area (Å²) in [4.78, 5) is 0. The molecule has 0 aliphatic carbocycles. The highest BCUT2D eigenvalue weighted by Gasteiger charge is 2.07. The van der Waals surface area contributed by atoms with Crippen LogP contribution in [-0.2, 0) is 6.61 Å². The summed E-state index contributed by atoms with van der Waals surface area (Å²) in [5.74, 6) is 0.445. The second kappa shape index (κ2) is 5.17. The van der Waals surface area contributed by atoms with Gasteiger partial charge in [-0.2, -0.15) is 0 Å². The maximum atomic E-state index is 9.22. The molecule has 84 valence electrons. The number of hydrogen-bond acceptors (Lipinski definition) is 2. The standard InChI is InChI=1S/C13H21NO/c1-9(2)13-7-12(14-10(3)4)6-5-11(13)8-15/h5-7,9-10,14-15H,8H2,1-4H3. The molecule has 0 radical (unpaired) electrons. The van der Waals surface area contributed by atoms with E-state index in [4.69, 9.17) is 0 Å². The second-order valence-electron chi connectivity index (χ2n) is 4.53. The van der Waals surface area contributed by atoms with Gasteiger partial charge in [0, 0.05) is 11.7 Å². The van der Waals surface area contributed by atoms with Crippen LogP contribution in [-0.4, -0.2) is 11.1 Å². The van der Waals surface area contributed by atoms with Crippen molar-refractivity contribution in [2.75, 3.05) is 5.32 Å². The molecule has 2 N–H and O–H groups in total. The zero-order chi connectivity index (χ0) is 11.4. The quantitative estimate of drug-likeness (QED) is 0.795. The fraction of sp³-hybridized carbons (Fsp3) is 0.538. The number of aliphatic hydroxyl groups excluding tert-OH is 1. The lowest BCUT2D eigenvalue weighted by atomic mass is 9.97. The van der Waals surface area contributed by atoms with Gasteiger partial charge in [0.1, 0.15) is 0 Å². The maximum absolute atomic E-state index is 9.22. The molecule has 15 heavy (non-hydrogen) atoms. The van der Waals surface area contributed by atoms with Gasteiger partial charge in [0.2, 0.25) is 0 Å². The van der Waals surface area contributed by atoms with Gasteiger partial charge < -0.3 is 10.4 Å². The SMILES string of the molecule is CC(C)Nc1ccc(CO)c(C(C)C)c1. The van der Waals surface area contributed by atoms with Gasteiger partial charge in [-0.3, -0.25) is 0 Å². The lowest BCUT2D eigenvalue weighted by Crippen LogP contribution is -2.10. The highest BCUT2D eigenvalue weighted by Crippen LogP contribution is 2.23. The van der Waals surface area contributed by atoms with E-state index >= 15 is 0 Å². The molecule has 2 heteroatoms. The summed E-state index contributed by atoms with van der Waals surface area (Å²) in [7, 11) is 0. The number of anilines is 1. The fourth-order valence-corrected chi connectivity index (χ4v) is 1.70. The monoisotopic (exact) mass is 207 g/mol. The summed E-state index contributed by atoms with van der Waals surface area (Å²) in [6, 6.07) is 6.60. The van der Waals surface area contributed by atoms with Gasteiger partial charge in [0.05, 0.1) is 6.61 Å². The van der Waals surface area contributed by atoms with Crippen molar-refractivity contribution < 1.29 is 5.11 Å². The van der Waals surface area contributed by atoms with Crippen LogP contribution in [0.15, 0.2) is 18.2 Å². The van der Waals surface area contributed by atoms with Gasteiger partial charge >= 0.3 is 0 Å². The van der Waals surface area contributed by atoms with Crippen molar-refractivity contribution in [3.63, 3.8) is 0 Å². The molecule has 1 aromatic carbocycles. The maximum Gasteiger partial charge on any atom is 0.0684 e. The van der Waals surface area contributed by atoms with E-state index in [2.05, 4.69) is 39.1 Å². The zero-order valence-corrected chi connectivity index (χ0v) is 10.0. The summed E-state index contributed by atoms with van der Waals surface area (Å²) in [5.41, 5.74) is 3.38. The van der Waals surface area contributed by atoms with Crippen molar-refractivity contribution in [1.82, 2.24) is 0 Å². The van der Waals surface area contributed by atoms with Crippen LogP contribution in [0.4, 0.5) is 5.69 Å². The van der Waals surface area contributed by atoms with E-state index in [9.17, 15) is 5.11 Å². The Morgan fingerprint density at radius 3 is 2.33 bits per heavy atom. The average molecular weight is 207 g/mol. The molecule has 1 rings (SSSR count). The van der Waals surface area contributed by atoms with Crippen molar-refractivity contribution in [3.8, 4) is 0 Å². The largest absolute Gasteiger partial charge is 0.392 e. The van der Waals surface area contributed by atoms with E-state index in [0.29, 0.717) is 12.0 Å². The minimum Gasteiger partial charge on any atom is -0.392 e. The van der Waals surface area contributed by atoms with Gasteiger partial charge in [0.25, 0.3) is 0 Å². The minimum atomic E-state index is 0.121. The summed E-state index contributed by atoms with van der Waals surface area (Å²) in [6.07, 6.45) is 0. The Bertz CT molecular complexity index is 318. The first kappa shape index (κ1) is 12.1. The molecule has 0 saturated heterocycles. The predicted molar refractivity (Wildman–Crippen MR) is 65.2 cm³/mol. The number of rotatable bonds is 4. The zero-order valence-electron chi connectivity index (χ0n) is 10.0.